The van der Waals surface area contributed by atoms with E-state index in [0.717, 1.165) is 30.5 Å². The normalized spacial score (nSPS) is 19.9. The molecule has 1 N–H and O–H groups in total. The molecule has 6 heteroatoms. The Balaban J connectivity index is 1.92. The molecular formula is C12H20N4OS. The zero-order valence-electron chi connectivity index (χ0n) is 11.1. The van der Waals surface area contributed by atoms with Gasteiger partial charge in [-0.2, -0.15) is 11.8 Å². The minimum atomic E-state index is 0.282. The van der Waals surface area contributed by atoms with E-state index in [2.05, 4.69) is 34.2 Å². The van der Waals surface area contributed by atoms with Gasteiger partial charge in [-0.05, 0) is 13.8 Å². The highest BCUT2D eigenvalue weighted by Gasteiger charge is 2.28. The van der Waals surface area contributed by atoms with Gasteiger partial charge in [0, 0.05) is 36.7 Å². The molecular weight excluding hydrogens is 248 g/mol. The Hall–Kier alpha value is -1.17. The maximum atomic E-state index is 4.81. The Morgan fingerprint density at radius 3 is 3.11 bits per heavy atom. The van der Waals surface area contributed by atoms with Crippen molar-refractivity contribution in [2.45, 2.75) is 25.1 Å². The SMILES string of the molecule is CN=C(NCc1ccon1)N1CCSC(C)(C)C1. The van der Waals surface area contributed by atoms with Gasteiger partial charge in [-0.1, -0.05) is 5.16 Å². The van der Waals surface area contributed by atoms with Gasteiger partial charge in [-0.25, -0.2) is 0 Å². The van der Waals surface area contributed by atoms with Crippen LogP contribution < -0.4 is 5.32 Å². The summed E-state index contributed by atoms with van der Waals surface area (Å²) in [4.78, 5) is 6.64. The number of thioether (sulfide) groups is 1. The molecule has 1 aromatic rings. The van der Waals surface area contributed by atoms with Crippen LogP contribution in [0.4, 0.5) is 0 Å². The van der Waals surface area contributed by atoms with Crippen LogP contribution in [0.25, 0.3) is 0 Å². The van der Waals surface area contributed by atoms with Crippen molar-refractivity contribution in [3.05, 3.63) is 18.0 Å². The van der Waals surface area contributed by atoms with Gasteiger partial charge in [-0.15, -0.1) is 0 Å². The molecule has 0 spiro atoms. The lowest BCUT2D eigenvalue weighted by molar-refractivity contribution is 0.373. The Kier molecular flexibility index (Phi) is 4.16. The molecule has 0 aromatic carbocycles. The molecule has 1 aliphatic heterocycles. The van der Waals surface area contributed by atoms with Crippen LogP contribution >= 0.6 is 11.8 Å². The van der Waals surface area contributed by atoms with Crippen molar-refractivity contribution in [3.8, 4) is 0 Å². The third-order valence-corrected chi connectivity index (χ3v) is 4.15. The predicted molar refractivity (Wildman–Crippen MR) is 74.8 cm³/mol. The molecule has 0 amide bonds. The van der Waals surface area contributed by atoms with Gasteiger partial charge >= 0.3 is 0 Å². The molecule has 5 nitrogen and oxygen atoms in total. The fourth-order valence-electron chi connectivity index (χ4n) is 2.03. The molecule has 0 aliphatic carbocycles. The number of aromatic nitrogens is 1. The number of hydrogen-bond acceptors (Lipinski definition) is 4. The van der Waals surface area contributed by atoms with Crippen molar-refractivity contribution in [2.75, 3.05) is 25.9 Å². The van der Waals surface area contributed by atoms with Crippen molar-refractivity contribution in [2.24, 2.45) is 4.99 Å². The molecule has 100 valence electrons. The lowest BCUT2D eigenvalue weighted by Crippen LogP contribution is -2.50. The highest BCUT2D eigenvalue weighted by molar-refractivity contribution is 8.00. The summed E-state index contributed by atoms with van der Waals surface area (Å²) in [5.74, 6) is 2.07. The predicted octanol–water partition coefficient (Wildman–Crippen LogP) is 1.58. The van der Waals surface area contributed by atoms with E-state index in [4.69, 9.17) is 4.52 Å². The largest absolute Gasteiger partial charge is 0.364 e. The Bertz CT molecular complexity index is 402. The first-order chi connectivity index (χ1) is 8.61. The zero-order chi connectivity index (χ0) is 13.0. The molecule has 0 atom stereocenters. The molecule has 0 unspecified atom stereocenters. The van der Waals surface area contributed by atoms with Crippen LogP contribution in [0.2, 0.25) is 0 Å². The smallest absolute Gasteiger partial charge is 0.194 e. The van der Waals surface area contributed by atoms with Gasteiger partial charge in [0.05, 0.1) is 6.54 Å². The quantitative estimate of drug-likeness (QED) is 0.652. The lowest BCUT2D eigenvalue weighted by atomic mass is 10.2. The Labute approximate surface area is 112 Å². The standard InChI is InChI=1S/C12H20N4OS/c1-12(2)9-16(5-7-18-12)11(13-3)14-8-10-4-6-17-15-10/h4,6H,5,7-9H2,1-3H3,(H,13,14). The fourth-order valence-corrected chi connectivity index (χ4v) is 3.14. The molecule has 18 heavy (non-hydrogen) atoms. The van der Waals surface area contributed by atoms with Crippen molar-refractivity contribution in [1.29, 1.82) is 0 Å². The summed E-state index contributed by atoms with van der Waals surface area (Å²) in [7, 11) is 1.82. The minimum Gasteiger partial charge on any atom is -0.364 e. The van der Waals surface area contributed by atoms with Gasteiger partial charge in [0.25, 0.3) is 0 Å². The van der Waals surface area contributed by atoms with E-state index in [-0.39, 0.29) is 4.75 Å². The van der Waals surface area contributed by atoms with Gasteiger partial charge in [0.15, 0.2) is 5.96 Å². The van der Waals surface area contributed by atoms with Crippen molar-refractivity contribution < 1.29 is 4.52 Å². The van der Waals surface area contributed by atoms with Gasteiger partial charge in [0.2, 0.25) is 0 Å². The summed E-state index contributed by atoms with van der Waals surface area (Å²) in [5, 5.41) is 7.20. The van der Waals surface area contributed by atoms with Crippen LogP contribution in [0.15, 0.2) is 21.8 Å². The van der Waals surface area contributed by atoms with Crippen LogP contribution in [-0.2, 0) is 6.54 Å². The Morgan fingerprint density at radius 1 is 1.67 bits per heavy atom. The molecule has 1 aromatic heterocycles. The van der Waals surface area contributed by atoms with E-state index in [1.807, 2.05) is 24.9 Å². The number of nitrogens with one attached hydrogen (secondary N) is 1. The minimum absolute atomic E-state index is 0.282. The average Bonchev–Trinajstić information content (AvgIpc) is 2.81. The second kappa shape index (κ2) is 5.65. The maximum absolute atomic E-state index is 4.81. The van der Waals surface area contributed by atoms with Crippen LogP contribution in [0.1, 0.15) is 19.5 Å². The summed E-state index contributed by atoms with van der Waals surface area (Å²) >= 11 is 2.02. The molecule has 2 rings (SSSR count). The van der Waals surface area contributed by atoms with Crippen molar-refractivity contribution in [3.63, 3.8) is 0 Å². The number of rotatable bonds is 2. The molecule has 0 radical (unpaired) electrons. The first-order valence-corrected chi connectivity index (χ1v) is 7.08. The van der Waals surface area contributed by atoms with E-state index in [9.17, 15) is 0 Å². The van der Waals surface area contributed by atoms with Crippen LogP contribution in [-0.4, -0.2) is 46.7 Å². The molecule has 0 bridgehead atoms. The van der Waals surface area contributed by atoms with E-state index < -0.39 is 0 Å². The zero-order valence-corrected chi connectivity index (χ0v) is 12.0. The second-order valence-electron chi connectivity index (χ2n) is 4.92. The molecule has 2 heterocycles. The first-order valence-electron chi connectivity index (χ1n) is 6.09. The van der Waals surface area contributed by atoms with Gasteiger partial charge in [0.1, 0.15) is 12.0 Å². The number of nitrogens with zero attached hydrogens (tertiary/aromatic N) is 3. The maximum Gasteiger partial charge on any atom is 0.194 e. The molecule has 0 saturated carbocycles. The molecule has 1 fully saturated rings. The summed E-state index contributed by atoms with van der Waals surface area (Å²) < 4.78 is 5.09. The second-order valence-corrected chi connectivity index (χ2v) is 6.72. The van der Waals surface area contributed by atoms with E-state index in [1.54, 1.807) is 6.26 Å². The van der Waals surface area contributed by atoms with Crippen molar-refractivity contribution in [1.82, 2.24) is 15.4 Å². The van der Waals surface area contributed by atoms with Gasteiger partial charge in [-0.3, -0.25) is 4.99 Å². The lowest BCUT2D eigenvalue weighted by Gasteiger charge is -2.39. The summed E-state index contributed by atoms with van der Waals surface area (Å²) in [5.41, 5.74) is 0.891. The van der Waals surface area contributed by atoms with Crippen LogP contribution in [0, 0.1) is 0 Å². The van der Waals surface area contributed by atoms with Gasteiger partial charge < -0.3 is 14.7 Å². The summed E-state index contributed by atoms with van der Waals surface area (Å²) in [6, 6.07) is 1.86. The summed E-state index contributed by atoms with van der Waals surface area (Å²) in [6.07, 6.45) is 1.58. The first kappa shape index (κ1) is 13.3. The van der Waals surface area contributed by atoms with Crippen LogP contribution in [0.5, 0.6) is 0 Å². The fraction of sp³-hybridized carbons (Fsp3) is 0.667. The Morgan fingerprint density at radius 2 is 2.50 bits per heavy atom. The molecule has 1 aliphatic rings. The third-order valence-electron chi connectivity index (χ3n) is 2.86. The van der Waals surface area contributed by atoms with Crippen molar-refractivity contribution >= 4 is 17.7 Å². The van der Waals surface area contributed by atoms with E-state index in [0.29, 0.717) is 6.54 Å². The van der Waals surface area contributed by atoms with Crippen LogP contribution in [0.3, 0.4) is 0 Å². The topological polar surface area (TPSA) is 53.7 Å². The van der Waals surface area contributed by atoms with E-state index in [1.165, 1.54) is 0 Å². The number of aliphatic imine (C=N–C) groups is 1. The molecule has 1 saturated heterocycles. The summed E-state index contributed by atoms with van der Waals surface area (Å²) in [6.45, 7) is 7.24. The average molecular weight is 268 g/mol. The third kappa shape index (κ3) is 3.41. The number of hydrogen-bond donors (Lipinski definition) is 1. The number of guanidine groups is 1. The monoisotopic (exact) mass is 268 g/mol. The highest BCUT2D eigenvalue weighted by Crippen LogP contribution is 2.29. The van der Waals surface area contributed by atoms with E-state index >= 15 is 0 Å². The highest BCUT2D eigenvalue weighted by atomic mass is 32.2.